The van der Waals surface area contributed by atoms with Gasteiger partial charge in [0, 0.05) is 16.7 Å². The SMILES string of the molecule is OC(c1cccc(OCc2ccccc2)c1)c1ccccc1-c1nc(-c2ccccc2)c(-c2ccccc2)o1. The third kappa shape index (κ3) is 5.37. The monoisotopic (exact) mass is 509 g/mol. The van der Waals surface area contributed by atoms with Gasteiger partial charge >= 0.3 is 0 Å². The van der Waals surface area contributed by atoms with Crippen molar-refractivity contribution in [2.75, 3.05) is 0 Å². The molecule has 0 aliphatic rings. The highest BCUT2D eigenvalue weighted by atomic mass is 16.5. The van der Waals surface area contributed by atoms with Crippen LogP contribution in [0.1, 0.15) is 22.8 Å². The molecule has 190 valence electrons. The zero-order valence-corrected chi connectivity index (χ0v) is 21.3. The number of oxazole rings is 1. The van der Waals surface area contributed by atoms with Crippen molar-refractivity contribution in [2.45, 2.75) is 12.7 Å². The van der Waals surface area contributed by atoms with Gasteiger partial charge in [0.05, 0.1) is 0 Å². The van der Waals surface area contributed by atoms with Crippen molar-refractivity contribution in [3.8, 4) is 39.8 Å². The molecule has 4 heteroatoms. The number of aromatic nitrogens is 1. The van der Waals surface area contributed by atoms with Crippen LogP contribution >= 0.6 is 0 Å². The Labute approximate surface area is 227 Å². The average molecular weight is 510 g/mol. The summed E-state index contributed by atoms with van der Waals surface area (Å²) < 4.78 is 12.4. The van der Waals surface area contributed by atoms with Crippen LogP contribution < -0.4 is 4.74 Å². The zero-order valence-electron chi connectivity index (χ0n) is 21.3. The first-order valence-electron chi connectivity index (χ1n) is 12.9. The lowest BCUT2D eigenvalue weighted by Crippen LogP contribution is -2.03. The average Bonchev–Trinajstić information content (AvgIpc) is 3.47. The quantitative estimate of drug-likeness (QED) is 0.224. The van der Waals surface area contributed by atoms with Crippen LogP contribution in [0, 0.1) is 0 Å². The van der Waals surface area contributed by atoms with Crippen molar-refractivity contribution in [1.29, 1.82) is 0 Å². The highest BCUT2D eigenvalue weighted by Gasteiger charge is 2.22. The van der Waals surface area contributed by atoms with Gasteiger partial charge < -0.3 is 14.3 Å². The predicted octanol–water partition coefficient (Wildman–Crippen LogP) is 8.34. The number of ether oxygens (including phenoxy) is 1. The van der Waals surface area contributed by atoms with E-state index in [2.05, 4.69) is 0 Å². The van der Waals surface area contributed by atoms with E-state index >= 15 is 0 Å². The Morgan fingerprint density at radius 2 is 1.31 bits per heavy atom. The molecule has 6 aromatic rings. The molecule has 1 atom stereocenters. The lowest BCUT2D eigenvalue weighted by Gasteiger charge is -2.16. The highest BCUT2D eigenvalue weighted by molar-refractivity contribution is 5.79. The number of hydrogen-bond acceptors (Lipinski definition) is 4. The van der Waals surface area contributed by atoms with Crippen molar-refractivity contribution in [3.05, 3.63) is 156 Å². The molecule has 0 saturated carbocycles. The van der Waals surface area contributed by atoms with Crippen LogP contribution in [0.4, 0.5) is 0 Å². The summed E-state index contributed by atoms with van der Waals surface area (Å²) in [5, 5.41) is 11.5. The molecule has 4 nitrogen and oxygen atoms in total. The molecule has 0 spiro atoms. The van der Waals surface area contributed by atoms with Crippen LogP contribution in [0.3, 0.4) is 0 Å². The van der Waals surface area contributed by atoms with Crippen LogP contribution in [0.15, 0.2) is 144 Å². The normalized spacial score (nSPS) is 11.7. The molecule has 0 saturated heterocycles. The predicted molar refractivity (Wildman–Crippen MR) is 154 cm³/mol. The molecule has 1 aromatic heterocycles. The van der Waals surface area contributed by atoms with Crippen LogP contribution in [-0.2, 0) is 6.61 Å². The van der Waals surface area contributed by atoms with Crippen LogP contribution in [0.25, 0.3) is 34.0 Å². The van der Waals surface area contributed by atoms with Crippen LogP contribution in [-0.4, -0.2) is 10.1 Å². The minimum Gasteiger partial charge on any atom is -0.489 e. The lowest BCUT2D eigenvalue weighted by atomic mass is 9.96. The second kappa shape index (κ2) is 11.2. The van der Waals surface area contributed by atoms with E-state index in [1.807, 2.05) is 140 Å². The smallest absolute Gasteiger partial charge is 0.227 e. The van der Waals surface area contributed by atoms with Gasteiger partial charge in [-0.1, -0.05) is 121 Å². The van der Waals surface area contributed by atoms with E-state index in [1.165, 1.54) is 0 Å². The topological polar surface area (TPSA) is 55.5 Å². The maximum absolute atomic E-state index is 11.5. The van der Waals surface area contributed by atoms with Crippen molar-refractivity contribution >= 4 is 0 Å². The second-order valence-electron chi connectivity index (χ2n) is 9.27. The van der Waals surface area contributed by atoms with E-state index in [0.717, 1.165) is 33.5 Å². The maximum Gasteiger partial charge on any atom is 0.227 e. The van der Waals surface area contributed by atoms with Gasteiger partial charge in [0.25, 0.3) is 0 Å². The van der Waals surface area contributed by atoms with Gasteiger partial charge in [0.1, 0.15) is 24.2 Å². The Balaban J connectivity index is 1.35. The molecule has 5 aromatic carbocycles. The zero-order chi connectivity index (χ0) is 26.4. The standard InChI is InChI=1S/C35H27NO3/c37-33(28-19-12-20-29(23-28)38-24-25-13-4-1-5-14-25)30-21-10-11-22-31(30)35-36-32(26-15-6-2-7-16-26)34(39-35)27-17-8-3-9-18-27/h1-23,33,37H,24H2. The Bertz CT molecular complexity index is 1600. The van der Waals surface area contributed by atoms with Crippen molar-refractivity contribution < 1.29 is 14.3 Å². The molecule has 39 heavy (non-hydrogen) atoms. The van der Waals surface area contributed by atoms with E-state index in [0.29, 0.717) is 29.6 Å². The number of benzene rings is 5. The molecule has 0 bridgehead atoms. The van der Waals surface area contributed by atoms with Gasteiger partial charge in [-0.3, -0.25) is 0 Å². The molecular weight excluding hydrogens is 482 g/mol. The fourth-order valence-electron chi connectivity index (χ4n) is 4.64. The third-order valence-electron chi connectivity index (χ3n) is 6.62. The van der Waals surface area contributed by atoms with Gasteiger partial charge in [-0.15, -0.1) is 0 Å². The molecule has 0 aliphatic carbocycles. The summed E-state index contributed by atoms with van der Waals surface area (Å²) in [4.78, 5) is 4.94. The first-order chi connectivity index (χ1) is 19.3. The molecule has 1 N–H and O–H groups in total. The minimum absolute atomic E-state index is 0.456. The molecule has 0 amide bonds. The Morgan fingerprint density at radius 3 is 2.05 bits per heavy atom. The molecule has 0 radical (unpaired) electrons. The summed E-state index contributed by atoms with van der Waals surface area (Å²) >= 11 is 0. The van der Waals surface area contributed by atoms with Gasteiger partial charge in [0.15, 0.2) is 5.76 Å². The molecule has 0 fully saturated rings. The summed E-state index contributed by atoms with van der Waals surface area (Å²) in [5.74, 6) is 1.85. The van der Waals surface area contributed by atoms with Crippen molar-refractivity contribution in [2.24, 2.45) is 0 Å². The Morgan fingerprint density at radius 1 is 0.667 bits per heavy atom. The fourth-order valence-corrected chi connectivity index (χ4v) is 4.64. The molecular formula is C35H27NO3. The second-order valence-corrected chi connectivity index (χ2v) is 9.27. The van der Waals surface area contributed by atoms with E-state index in [-0.39, 0.29) is 0 Å². The van der Waals surface area contributed by atoms with Gasteiger partial charge in [-0.2, -0.15) is 0 Å². The molecule has 0 aliphatic heterocycles. The summed E-state index contributed by atoms with van der Waals surface area (Å²) in [6, 6.07) is 45.3. The highest BCUT2D eigenvalue weighted by Crippen LogP contribution is 2.39. The fraction of sp³-hybridized carbons (Fsp3) is 0.0571. The van der Waals surface area contributed by atoms with Gasteiger partial charge in [-0.05, 0) is 34.9 Å². The summed E-state index contributed by atoms with van der Waals surface area (Å²) in [6.45, 7) is 0.456. The minimum atomic E-state index is -0.895. The lowest BCUT2D eigenvalue weighted by molar-refractivity contribution is 0.219. The number of rotatable bonds is 8. The van der Waals surface area contributed by atoms with Gasteiger partial charge in [-0.25, -0.2) is 4.98 Å². The van der Waals surface area contributed by atoms with Crippen molar-refractivity contribution in [3.63, 3.8) is 0 Å². The maximum atomic E-state index is 11.5. The number of nitrogens with zero attached hydrogens (tertiary/aromatic N) is 1. The van der Waals surface area contributed by atoms with E-state index in [4.69, 9.17) is 14.1 Å². The largest absolute Gasteiger partial charge is 0.489 e. The van der Waals surface area contributed by atoms with E-state index < -0.39 is 6.10 Å². The van der Waals surface area contributed by atoms with E-state index in [1.54, 1.807) is 0 Å². The first kappa shape index (κ1) is 24.4. The Kier molecular flexibility index (Phi) is 7.02. The van der Waals surface area contributed by atoms with E-state index in [9.17, 15) is 5.11 Å². The summed E-state index contributed by atoms with van der Waals surface area (Å²) in [6.07, 6.45) is -0.895. The summed E-state index contributed by atoms with van der Waals surface area (Å²) in [7, 11) is 0. The number of hydrogen-bond donors (Lipinski definition) is 1. The third-order valence-corrected chi connectivity index (χ3v) is 6.62. The summed E-state index contributed by atoms with van der Waals surface area (Å²) in [5.41, 5.74) is 5.92. The molecule has 6 rings (SSSR count). The number of aliphatic hydroxyl groups excluding tert-OH is 1. The van der Waals surface area contributed by atoms with Crippen LogP contribution in [0.2, 0.25) is 0 Å². The Hall–Kier alpha value is -4.93. The molecule has 1 heterocycles. The van der Waals surface area contributed by atoms with Gasteiger partial charge in [0.2, 0.25) is 5.89 Å². The van der Waals surface area contributed by atoms with Crippen LogP contribution in [0.5, 0.6) is 5.75 Å². The number of aliphatic hydroxyl groups is 1. The first-order valence-corrected chi connectivity index (χ1v) is 12.9. The van der Waals surface area contributed by atoms with Crippen molar-refractivity contribution in [1.82, 2.24) is 4.98 Å². The molecule has 1 unspecified atom stereocenters.